The van der Waals surface area contributed by atoms with Gasteiger partial charge in [0.1, 0.15) is 0 Å². The molecule has 0 aliphatic heterocycles. The summed E-state index contributed by atoms with van der Waals surface area (Å²) in [6, 6.07) is 0. The Morgan fingerprint density at radius 2 is 2.00 bits per heavy atom. The highest BCUT2D eigenvalue weighted by Gasteiger charge is 2.29. The Morgan fingerprint density at radius 1 is 1.27 bits per heavy atom. The van der Waals surface area contributed by atoms with Crippen LogP contribution < -0.4 is 0 Å². The van der Waals surface area contributed by atoms with E-state index in [-0.39, 0.29) is 0 Å². The summed E-state index contributed by atoms with van der Waals surface area (Å²) >= 11 is 0. The molecule has 2 rings (SSSR count). The lowest BCUT2D eigenvalue weighted by molar-refractivity contribution is 1.05. The third-order valence-electron chi connectivity index (χ3n) is 2.31. The summed E-state index contributed by atoms with van der Waals surface area (Å²) < 4.78 is 0. The molecular formula is C11H12. The van der Waals surface area contributed by atoms with Gasteiger partial charge in [-0.1, -0.05) is 42.5 Å². The Balaban J connectivity index is 2.12. The van der Waals surface area contributed by atoms with E-state index in [4.69, 9.17) is 0 Å². The van der Waals surface area contributed by atoms with Gasteiger partial charge in [-0.05, 0) is 18.4 Å². The van der Waals surface area contributed by atoms with Crippen LogP contribution in [0, 0.1) is 5.92 Å². The first-order valence-corrected chi connectivity index (χ1v) is 4.01. The zero-order chi connectivity index (χ0) is 7.84. The molecule has 0 spiro atoms. The lowest BCUT2D eigenvalue weighted by Gasteiger charge is -2.05. The number of allylic oxidation sites excluding steroid dienone is 6. The summed E-state index contributed by atoms with van der Waals surface area (Å²) in [5.41, 5.74) is 4.04. The van der Waals surface area contributed by atoms with Crippen molar-refractivity contribution >= 4 is 0 Å². The first-order valence-electron chi connectivity index (χ1n) is 4.01. The summed E-state index contributed by atoms with van der Waals surface area (Å²) in [5, 5.41) is 0. The van der Waals surface area contributed by atoms with E-state index in [0.29, 0.717) is 5.92 Å². The molecular weight excluding hydrogens is 132 g/mol. The van der Waals surface area contributed by atoms with E-state index < -0.39 is 0 Å². The Hall–Kier alpha value is -1.04. The average Bonchev–Trinajstić information content (AvgIpc) is 2.69. The lowest BCUT2D eigenvalue weighted by Crippen LogP contribution is -1.88. The molecule has 0 heterocycles. The highest BCUT2D eigenvalue weighted by atomic mass is 14.3. The van der Waals surface area contributed by atoms with Crippen LogP contribution >= 0.6 is 0 Å². The molecule has 0 N–H and O–H groups in total. The van der Waals surface area contributed by atoms with Gasteiger partial charge in [-0.25, -0.2) is 0 Å². The molecule has 2 aliphatic rings. The SMILES string of the molecule is C=C1C=CC(C2CC2=C)=CC1. The van der Waals surface area contributed by atoms with Gasteiger partial charge >= 0.3 is 0 Å². The van der Waals surface area contributed by atoms with E-state index in [9.17, 15) is 0 Å². The van der Waals surface area contributed by atoms with Gasteiger partial charge < -0.3 is 0 Å². The summed E-state index contributed by atoms with van der Waals surface area (Å²) in [4.78, 5) is 0. The molecule has 0 bridgehead atoms. The quantitative estimate of drug-likeness (QED) is 0.496. The van der Waals surface area contributed by atoms with Crippen LogP contribution in [0.1, 0.15) is 12.8 Å². The second-order valence-corrected chi connectivity index (χ2v) is 3.31. The molecule has 0 aromatic carbocycles. The Labute approximate surface area is 67.6 Å². The van der Waals surface area contributed by atoms with Crippen LogP contribution in [0.25, 0.3) is 0 Å². The lowest BCUT2D eigenvalue weighted by atomic mass is 10.0. The van der Waals surface area contributed by atoms with Gasteiger partial charge in [-0.15, -0.1) is 0 Å². The minimum atomic E-state index is 0.680. The predicted molar refractivity (Wildman–Crippen MR) is 48.2 cm³/mol. The molecule has 0 radical (unpaired) electrons. The standard InChI is InChI=1S/C11H12/c1-8-3-5-10(6-4-8)11-7-9(11)2/h3,5-6,11H,1-2,4,7H2. The van der Waals surface area contributed by atoms with Crippen molar-refractivity contribution in [2.75, 3.05) is 0 Å². The molecule has 0 nitrogen and oxygen atoms in total. The van der Waals surface area contributed by atoms with Crippen LogP contribution in [-0.2, 0) is 0 Å². The van der Waals surface area contributed by atoms with Gasteiger partial charge in [-0.2, -0.15) is 0 Å². The van der Waals surface area contributed by atoms with Gasteiger partial charge in [-0.3, -0.25) is 0 Å². The van der Waals surface area contributed by atoms with E-state index >= 15 is 0 Å². The molecule has 0 aromatic rings. The maximum atomic E-state index is 3.95. The third-order valence-corrected chi connectivity index (χ3v) is 2.31. The van der Waals surface area contributed by atoms with Crippen molar-refractivity contribution < 1.29 is 0 Å². The molecule has 1 saturated carbocycles. The monoisotopic (exact) mass is 144 g/mol. The third kappa shape index (κ3) is 1.21. The van der Waals surface area contributed by atoms with E-state index in [0.717, 1.165) is 6.42 Å². The molecule has 1 fully saturated rings. The van der Waals surface area contributed by atoms with E-state index in [1.54, 1.807) is 0 Å². The predicted octanol–water partition coefficient (Wildman–Crippen LogP) is 3.01. The zero-order valence-corrected chi connectivity index (χ0v) is 6.64. The van der Waals surface area contributed by atoms with Crippen molar-refractivity contribution in [1.82, 2.24) is 0 Å². The summed E-state index contributed by atoms with van der Waals surface area (Å²) in [5.74, 6) is 0.680. The smallest absolute Gasteiger partial charge is 0.00800 e. The summed E-state index contributed by atoms with van der Waals surface area (Å²) in [6.45, 7) is 7.84. The maximum Gasteiger partial charge on any atom is 0.00800 e. The second kappa shape index (κ2) is 2.23. The van der Waals surface area contributed by atoms with Crippen molar-refractivity contribution in [3.8, 4) is 0 Å². The average molecular weight is 144 g/mol. The summed E-state index contributed by atoms with van der Waals surface area (Å²) in [7, 11) is 0. The molecule has 0 heteroatoms. The van der Waals surface area contributed by atoms with Crippen LogP contribution in [0.15, 0.2) is 48.1 Å². The van der Waals surface area contributed by atoms with E-state index in [1.807, 2.05) is 0 Å². The van der Waals surface area contributed by atoms with Crippen molar-refractivity contribution in [2.24, 2.45) is 5.92 Å². The van der Waals surface area contributed by atoms with E-state index in [1.165, 1.54) is 23.1 Å². The van der Waals surface area contributed by atoms with Gasteiger partial charge in [0.2, 0.25) is 0 Å². The van der Waals surface area contributed by atoms with Crippen molar-refractivity contribution in [3.05, 3.63) is 48.1 Å². The van der Waals surface area contributed by atoms with Crippen LogP contribution in [0.4, 0.5) is 0 Å². The fourth-order valence-electron chi connectivity index (χ4n) is 1.41. The van der Waals surface area contributed by atoms with Gasteiger partial charge in [0.15, 0.2) is 0 Å². The fraction of sp³-hybridized carbons (Fsp3) is 0.273. The minimum Gasteiger partial charge on any atom is -0.0992 e. The van der Waals surface area contributed by atoms with Gasteiger partial charge in [0.05, 0.1) is 0 Å². The highest BCUT2D eigenvalue weighted by molar-refractivity contribution is 5.44. The summed E-state index contributed by atoms with van der Waals surface area (Å²) in [6.07, 6.45) is 8.78. The fourth-order valence-corrected chi connectivity index (χ4v) is 1.41. The molecule has 0 amide bonds. The van der Waals surface area contributed by atoms with Crippen molar-refractivity contribution in [2.45, 2.75) is 12.8 Å². The highest BCUT2D eigenvalue weighted by Crippen LogP contribution is 2.43. The second-order valence-electron chi connectivity index (χ2n) is 3.31. The van der Waals surface area contributed by atoms with Crippen LogP contribution in [0.3, 0.4) is 0 Å². The van der Waals surface area contributed by atoms with Crippen LogP contribution in [0.2, 0.25) is 0 Å². The molecule has 11 heavy (non-hydrogen) atoms. The molecule has 0 saturated heterocycles. The maximum absolute atomic E-state index is 3.95. The largest absolute Gasteiger partial charge is 0.0992 e. The molecule has 2 aliphatic carbocycles. The topological polar surface area (TPSA) is 0 Å². The normalized spacial score (nSPS) is 28.7. The molecule has 0 aromatic heterocycles. The zero-order valence-electron chi connectivity index (χ0n) is 6.64. The van der Waals surface area contributed by atoms with Crippen LogP contribution in [0.5, 0.6) is 0 Å². The molecule has 56 valence electrons. The van der Waals surface area contributed by atoms with Gasteiger partial charge in [0, 0.05) is 5.92 Å². The number of rotatable bonds is 1. The Kier molecular flexibility index (Phi) is 1.35. The van der Waals surface area contributed by atoms with Gasteiger partial charge in [0.25, 0.3) is 0 Å². The van der Waals surface area contributed by atoms with Crippen LogP contribution in [-0.4, -0.2) is 0 Å². The van der Waals surface area contributed by atoms with E-state index in [2.05, 4.69) is 31.4 Å². The number of hydrogen-bond acceptors (Lipinski definition) is 0. The molecule has 1 atom stereocenters. The Bertz CT molecular complexity index is 276. The Morgan fingerprint density at radius 3 is 2.45 bits per heavy atom. The minimum absolute atomic E-state index is 0.680. The molecule has 1 unspecified atom stereocenters. The van der Waals surface area contributed by atoms with Crippen molar-refractivity contribution in [1.29, 1.82) is 0 Å². The first-order chi connectivity index (χ1) is 5.27. The van der Waals surface area contributed by atoms with Crippen molar-refractivity contribution in [3.63, 3.8) is 0 Å². The number of hydrogen-bond donors (Lipinski definition) is 0. The first kappa shape index (κ1) is 6.66.